The quantitative estimate of drug-likeness (QED) is 0.719. The van der Waals surface area contributed by atoms with Gasteiger partial charge in [-0.25, -0.2) is 0 Å². The van der Waals surface area contributed by atoms with Gasteiger partial charge in [0.05, 0.1) is 14.2 Å². The standard InChI is InChI=1S/C21H27NO3/c1-16(2)13-21(23)22(14-17-5-9-19(24-3)10-6-17)15-18-7-11-20(25-4)12-8-18/h5-12,16H,13-15H2,1-4H3. The monoisotopic (exact) mass is 341 g/mol. The molecule has 4 heteroatoms. The molecule has 0 N–H and O–H groups in total. The molecule has 0 saturated carbocycles. The summed E-state index contributed by atoms with van der Waals surface area (Å²) < 4.78 is 10.4. The number of nitrogens with zero attached hydrogens (tertiary/aromatic N) is 1. The molecule has 0 aliphatic rings. The topological polar surface area (TPSA) is 38.8 Å². The Labute approximate surface area is 150 Å². The van der Waals surface area contributed by atoms with E-state index in [1.54, 1.807) is 14.2 Å². The van der Waals surface area contributed by atoms with Crippen LogP contribution in [-0.4, -0.2) is 25.0 Å². The van der Waals surface area contributed by atoms with Crippen LogP contribution in [0.15, 0.2) is 48.5 Å². The second-order valence-electron chi connectivity index (χ2n) is 6.54. The molecule has 0 saturated heterocycles. The van der Waals surface area contributed by atoms with Crippen LogP contribution in [-0.2, 0) is 17.9 Å². The maximum Gasteiger partial charge on any atom is 0.223 e. The van der Waals surface area contributed by atoms with Gasteiger partial charge in [-0.3, -0.25) is 4.79 Å². The van der Waals surface area contributed by atoms with Crippen molar-refractivity contribution < 1.29 is 14.3 Å². The first-order valence-electron chi connectivity index (χ1n) is 8.55. The fraction of sp³-hybridized carbons (Fsp3) is 0.381. The Kier molecular flexibility index (Phi) is 6.87. The van der Waals surface area contributed by atoms with E-state index in [9.17, 15) is 4.79 Å². The van der Waals surface area contributed by atoms with Crippen molar-refractivity contribution in [1.29, 1.82) is 0 Å². The predicted molar refractivity (Wildman–Crippen MR) is 99.7 cm³/mol. The molecule has 2 aromatic rings. The van der Waals surface area contributed by atoms with Crippen LogP contribution < -0.4 is 9.47 Å². The highest BCUT2D eigenvalue weighted by Gasteiger charge is 2.16. The lowest BCUT2D eigenvalue weighted by atomic mass is 10.1. The van der Waals surface area contributed by atoms with Crippen molar-refractivity contribution in [2.24, 2.45) is 5.92 Å². The van der Waals surface area contributed by atoms with E-state index in [1.165, 1.54) is 0 Å². The molecular formula is C21H27NO3. The van der Waals surface area contributed by atoms with E-state index >= 15 is 0 Å². The Balaban J connectivity index is 2.14. The van der Waals surface area contributed by atoms with Gasteiger partial charge in [0.2, 0.25) is 5.91 Å². The molecule has 0 bridgehead atoms. The average molecular weight is 341 g/mol. The minimum absolute atomic E-state index is 0.168. The summed E-state index contributed by atoms with van der Waals surface area (Å²) in [5, 5.41) is 0. The zero-order valence-corrected chi connectivity index (χ0v) is 15.5. The van der Waals surface area contributed by atoms with Crippen molar-refractivity contribution in [3.63, 3.8) is 0 Å². The van der Waals surface area contributed by atoms with Gasteiger partial charge in [-0.1, -0.05) is 38.1 Å². The van der Waals surface area contributed by atoms with Crippen LogP contribution in [0.4, 0.5) is 0 Å². The first-order valence-corrected chi connectivity index (χ1v) is 8.55. The van der Waals surface area contributed by atoms with E-state index in [4.69, 9.17) is 9.47 Å². The van der Waals surface area contributed by atoms with Gasteiger partial charge in [-0.05, 0) is 41.3 Å². The number of ether oxygens (including phenoxy) is 2. The van der Waals surface area contributed by atoms with Crippen molar-refractivity contribution in [3.8, 4) is 11.5 Å². The molecule has 1 amide bonds. The van der Waals surface area contributed by atoms with Gasteiger partial charge in [0.1, 0.15) is 11.5 Å². The maximum absolute atomic E-state index is 12.7. The molecule has 0 heterocycles. The van der Waals surface area contributed by atoms with E-state index < -0.39 is 0 Å². The van der Waals surface area contributed by atoms with Crippen LogP contribution in [0.1, 0.15) is 31.4 Å². The highest BCUT2D eigenvalue weighted by molar-refractivity contribution is 5.76. The molecule has 0 atom stereocenters. The molecule has 2 rings (SSSR count). The summed E-state index contributed by atoms with van der Waals surface area (Å²) in [6.07, 6.45) is 0.548. The summed E-state index contributed by atoms with van der Waals surface area (Å²) in [6, 6.07) is 15.7. The van der Waals surface area contributed by atoms with Crippen LogP contribution in [0.3, 0.4) is 0 Å². The van der Waals surface area contributed by atoms with Crippen LogP contribution in [0.25, 0.3) is 0 Å². The molecule has 0 unspecified atom stereocenters. The van der Waals surface area contributed by atoms with Crippen LogP contribution >= 0.6 is 0 Å². The first-order chi connectivity index (χ1) is 12.0. The van der Waals surface area contributed by atoms with E-state index in [0.29, 0.717) is 25.4 Å². The smallest absolute Gasteiger partial charge is 0.223 e. The number of amides is 1. The summed E-state index contributed by atoms with van der Waals surface area (Å²) in [5.41, 5.74) is 2.18. The second kappa shape index (κ2) is 9.11. The van der Waals surface area contributed by atoms with Gasteiger partial charge in [-0.15, -0.1) is 0 Å². The van der Waals surface area contributed by atoms with Gasteiger partial charge in [-0.2, -0.15) is 0 Å². The van der Waals surface area contributed by atoms with Gasteiger partial charge in [0, 0.05) is 19.5 Å². The minimum Gasteiger partial charge on any atom is -0.497 e. The molecule has 0 aromatic heterocycles. The van der Waals surface area contributed by atoms with E-state index in [-0.39, 0.29) is 5.91 Å². The Hall–Kier alpha value is -2.49. The molecular weight excluding hydrogens is 314 g/mol. The average Bonchev–Trinajstić information content (AvgIpc) is 2.62. The molecule has 0 aliphatic heterocycles. The summed E-state index contributed by atoms with van der Waals surface area (Å²) in [5.74, 6) is 2.14. The van der Waals surface area contributed by atoms with E-state index in [1.807, 2.05) is 53.4 Å². The zero-order chi connectivity index (χ0) is 18.2. The molecule has 0 spiro atoms. The molecule has 4 nitrogen and oxygen atoms in total. The highest BCUT2D eigenvalue weighted by atomic mass is 16.5. The number of methoxy groups -OCH3 is 2. The Bertz CT molecular complexity index is 613. The molecule has 0 radical (unpaired) electrons. The zero-order valence-electron chi connectivity index (χ0n) is 15.5. The molecule has 25 heavy (non-hydrogen) atoms. The van der Waals surface area contributed by atoms with Crippen molar-refractivity contribution in [3.05, 3.63) is 59.7 Å². The summed E-state index contributed by atoms with van der Waals surface area (Å²) in [6.45, 7) is 5.30. The number of hydrogen-bond acceptors (Lipinski definition) is 3. The molecule has 2 aromatic carbocycles. The fourth-order valence-electron chi connectivity index (χ4n) is 2.61. The first kappa shape index (κ1) is 18.8. The lowest BCUT2D eigenvalue weighted by molar-refractivity contribution is -0.133. The van der Waals surface area contributed by atoms with Crippen molar-refractivity contribution in [2.75, 3.05) is 14.2 Å². The fourth-order valence-corrected chi connectivity index (χ4v) is 2.61. The highest BCUT2D eigenvalue weighted by Crippen LogP contribution is 2.18. The van der Waals surface area contributed by atoms with Gasteiger partial charge >= 0.3 is 0 Å². The predicted octanol–water partition coefficient (Wildman–Crippen LogP) is 4.28. The van der Waals surface area contributed by atoms with Crippen LogP contribution in [0, 0.1) is 5.92 Å². The summed E-state index contributed by atoms with van der Waals surface area (Å²) in [7, 11) is 3.30. The largest absolute Gasteiger partial charge is 0.497 e. The SMILES string of the molecule is COc1ccc(CN(Cc2ccc(OC)cc2)C(=O)CC(C)C)cc1. The number of carbonyl (C=O) groups excluding carboxylic acids is 1. The second-order valence-corrected chi connectivity index (χ2v) is 6.54. The Morgan fingerprint density at radius 2 is 1.24 bits per heavy atom. The summed E-state index contributed by atoms with van der Waals surface area (Å²) in [4.78, 5) is 14.6. The maximum atomic E-state index is 12.7. The molecule has 0 aliphatic carbocycles. The van der Waals surface area contributed by atoms with Crippen molar-refractivity contribution >= 4 is 5.91 Å². The number of benzene rings is 2. The number of hydrogen-bond donors (Lipinski definition) is 0. The number of carbonyl (C=O) groups is 1. The molecule has 134 valence electrons. The Morgan fingerprint density at radius 1 is 0.840 bits per heavy atom. The third kappa shape index (κ3) is 5.82. The van der Waals surface area contributed by atoms with Crippen LogP contribution in [0.5, 0.6) is 11.5 Å². The number of rotatable bonds is 8. The minimum atomic E-state index is 0.168. The van der Waals surface area contributed by atoms with Gasteiger partial charge in [0.25, 0.3) is 0 Å². The Morgan fingerprint density at radius 3 is 1.56 bits per heavy atom. The third-order valence-electron chi connectivity index (χ3n) is 4.00. The van der Waals surface area contributed by atoms with Gasteiger partial charge in [0.15, 0.2) is 0 Å². The van der Waals surface area contributed by atoms with Crippen LogP contribution in [0.2, 0.25) is 0 Å². The lowest BCUT2D eigenvalue weighted by Gasteiger charge is -2.24. The van der Waals surface area contributed by atoms with Crippen molar-refractivity contribution in [2.45, 2.75) is 33.4 Å². The van der Waals surface area contributed by atoms with Crippen molar-refractivity contribution in [1.82, 2.24) is 4.90 Å². The van der Waals surface area contributed by atoms with Gasteiger partial charge < -0.3 is 14.4 Å². The molecule has 0 fully saturated rings. The normalized spacial score (nSPS) is 10.6. The summed E-state index contributed by atoms with van der Waals surface area (Å²) >= 11 is 0. The van der Waals surface area contributed by atoms with E-state index in [2.05, 4.69) is 13.8 Å². The van der Waals surface area contributed by atoms with E-state index in [0.717, 1.165) is 22.6 Å². The third-order valence-corrected chi connectivity index (χ3v) is 4.00. The lowest BCUT2D eigenvalue weighted by Crippen LogP contribution is -2.30.